The third-order valence-electron chi connectivity index (χ3n) is 3.09. The lowest BCUT2D eigenvalue weighted by Crippen LogP contribution is -2.35. The first-order valence-electron chi connectivity index (χ1n) is 5.94. The van der Waals surface area contributed by atoms with Gasteiger partial charge in [-0.25, -0.2) is 0 Å². The molecule has 2 heteroatoms. The predicted octanol–water partition coefficient (Wildman–Crippen LogP) is 2.34. The van der Waals surface area contributed by atoms with Crippen LogP contribution in [0.4, 0.5) is 0 Å². The predicted molar refractivity (Wildman–Crippen MR) is 68.2 cm³/mol. The van der Waals surface area contributed by atoms with Crippen molar-refractivity contribution in [2.75, 3.05) is 19.6 Å². The second kappa shape index (κ2) is 5.28. The van der Waals surface area contributed by atoms with E-state index in [1.807, 2.05) is 6.07 Å². The molecule has 0 radical (unpaired) electrons. The summed E-state index contributed by atoms with van der Waals surface area (Å²) in [5, 5.41) is 0. The molecule has 1 aromatic carbocycles. The van der Waals surface area contributed by atoms with Crippen molar-refractivity contribution in [2.45, 2.75) is 19.4 Å². The van der Waals surface area contributed by atoms with Crippen molar-refractivity contribution in [3.05, 3.63) is 47.5 Å². The Hall–Kier alpha value is -1.12. The van der Waals surface area contributed by atoms with Crippen LogP contribution in [0, 0.1) is 0 Å². The van der Waals surface area contributed by atoms with Crippen molar-refractivity contribution < 1.29 is 0 Å². The van der Waals surface area contributed by atoms with Gasteiger partial charge in [0.25, 0.3) is 0 Å². The van der Waals surface area contributed by atoms with Gasteiger partial charge in [-0.3, -0.25) is 4.90 Å². The van der Waals surface area contributed by atoms with Gasteiger partial charge in [-0.05, 0) is 18.9 Å². The second-order valence-electron chi connectivity index (χ2n) is 4.59. The van der Waals surface area contributed by atoms with Crippen LogP contribution in [0.2, 0.25) is 0 Å². The molecule has 0 aromatic heterocycles. The largest absolute Gasteiger partial charge is 0.323 e. The molecule has 1 aliphatic rings. The van der Waals surface area contributed by atoms with Crippen LogP contribution in [0.3, 0.4) is 0 Å². The van der Waals surface area contributed by atoms with Crippen LogP contribution >= 0.6 is 0 Å². The highest BCUT2D eigenvalue weighted by Gasteiger charge is 2.14. The minimum Gasteiger partial charge on any atom is -0.323 e. The lowest BCUT2D eigenvalue weighted by Gasteiger charge is -2.28. The zero-order valence-corrected chi connectivity index (χ0v) is 9.89. The Bertz CT molecular complexity index is 356. The molecule has 1 heterocycles. The van der Waals surface area contributed by atoms with E-state index in [1.165, 1.54) is 11.1 Å². The normalized spacial score (nSPS) is 19.2. The Labute approximate surface area is 97.8 Å². The Morgan fingerprint density at radius 3 is 2.75 bits per heavy atom. The van der Waals surface area contributed by atoms with E-state index in [0.29, 0.717) is 0 Å². The summed E-state index contributed by atoms with van der Waals surface area (Å²) >= 11 is 0. The summed E-state index contributed by atoms with van der Waals surface area (Å²) in [7, 11) is 0. The zero-order valence-electron chi connectivity index (χ0n) is 9.89. The molecule has 2 rings (SSSR count). The lowest BCUT2D eigenvalue weighted by atomic mass is 10.1. The fourth-order valence-electron chi connectivity index (χ4n) is 2.23. The van der Waals surface area contributed by atoms with Gasteiger partial charge >= 0.3 is 0 Å². The van der Waals surface area contributed by atoms with Crippen LogP contribution in [0.25, 0.3) is 0 Å². The van der Waals surface area contributed by atoms with Crippen molar-refractivity contribution in [1.82, 2.24) is 4.90 Å². The maximum Gasteiger partial charge on any atom is 0.0424 e. The van der Waals surface area contributed by atoms with E-state index in [0.717, 1.165) is 26.1 Å². The molecule has 2 nitrogen and oxygen atoms in total. The third kappa shape index (κ3) is 2.94. The van der Waals surface area contributed by atoms with Gasteiger partial charge in [0, 0.05) is 25.7 Å². The van der Waals surface area contributed by atoms with Gasteiger partial charge in [0.1, 0.15) is 0 Å². The summed E-state index contributed by atoms with van der Waals surface area (Å²) in [6.45, 7) is 5.35. The Kier molecular flexibility index (Phi) is 3.75. The van der Waals surface area contributed by atoms with Crippen molar-refractivity contribution >= 4 is 0 Å². The molecule has 0 saturated carbocycles. The number of nitrogens with two attached hydrogens (primary N) is 1. The Morgan fingerprint density at radius 2 is 2.06 bits per heavy atom. The molecule has 0 fully saturated rings. The van der Waals surface area contributed by atoms with Crippen LogP contribution in [-0.2, 0) is 0 Å². The third-order valence-corrected chi connectivity index (χ3v) is 3.09. The standard InChI is InChI=1S/C14H20N2/c1-12-6-5-9-16(10-12)11-14(15)13-7-3-2-4-8-13/h2-4,6-8,14H,5,9-11,15H2,1H3. The topological polar surface area (TPSA) is 29.3 Å². The highest BCUT2D eigenvalue weighted by molar-refractivity contribution is 5.19. The van der Waals surface area contributed by atoms with Crippen LogP contribution in [-0.4, -0.2) is 24.5 Å². The van der Waals surface area contributed by atoms with E-state index in [4.69, 9.17) is 5.73 Å². The maximum atomic E-state index is 6.21. The van der Waals surface area contributed by atoms with Crippen molar-refractivity contribution in [3.63, 3.8) is 0 Å². The molecule has 1 unspecified atom stereocenters. The van der Waals surface area contributed by atoms with Gasteiger partial charge in [-0.1, -0.05) is 42.0 Å². The summed E-state index contributed by atoms with van der Waals surface area (Å²) in [5.74, 6) is 0. The van der Waals surface area contributed by atoms with Crippen molar-refractivity contribution in [2.24, 2.45) is 5.73 Å². The summed E-state index contributed by atoms with van der Waals surface area (Å²) in [6, 6.07) is 10.5. The molecule has 0 saturated heterocycles. The Balaban J connectivity index is 1.93. The van der Waals surface area contributed by atoms with E-state index in [9.17, 15) is 0 Å². The minimum absolute atomic E-state index is 0.132. The molecule has 0 aliphatic carbocycles. The van der Waals surface area contributed by atoms with Gasteiger partial charge in [0.15, 0.2) is 0 Å². The van der Waals surface area contributed by atoms with E-state index in [-0.39, 0.29) is 6.04 Å². The average molecular weight is 216 g/mol. The SMILES string of the molecule is CC1=CCCN(CC(N)c2ccccc2)C1. The van der Waals surface area contributed by atoms with Gasteiger partial charge in [0.05, 0.1) is 0 Å². The number of hydrogen-bond acceptors (Lipinski definition) is 2. The number of benzene rings is 1. The molecule has 1 atom stereocenters. The van der Waals surface area contributed by atoms with Crippen molar-refractivity contribution in [3.8, 4) is 0 Å². The van der Waals surface area contributed by atoms with Gasteiger partial charge in [-0.2, -0.15) is 0 Å². The van der Waals surface area contributed by atoms with E-state index in [1.54, 1.807) is 0 Å². The molecule has 0 bridgehead atoms. The number of hydrogen-bond donors (Lipinski definition) is 1. The fourth-order valence-corrected chi connectivity index (χ4v) is 2.23. The molecule has 2 N–H and O–H groups in total. The average Bonchev–Trinajstić information content (AvgIpc) is 2.30. The summed E-state index contributed by atoms with van der Waals surface area (Å²) in [4.78, 5) is 2.44. The Morgan fingerprint density at radius 1 is 1.31 bits per heavy atom. The van der Waals surface area contributed by atoms with Gasteiger partial charge < -0.3 is 5.73 Å². The first-order chi connectivity index (χ1) is 7.75. The van der Waals surface area contributed by atoms with E-state index in [2.05, 4.69) is 42.2 Å². The first kappa shape index (κ1) is 11.4. The highest BCUT2D eigenvalue weighted by atomic mass is 15.1. The molecule has 16 heavy (non-hydrogen) atoms. The fraction of sp³-hybridized carbons (Fsp3) is 0.429. The quantitative estimate of drug-likeness (QED) is 0.786. The molecule has 1 aliphatic heterocycles. The highest BCUT2D eigenvalue weighted by Crippen LogP contribution is 2.15. The summed E-state index contributed by atoms with van der Waals surface area (Å²) in [6.07, 6.45) is 3.48. The molecule has 86 valence electrons. The first-order valence-corrected chi connectivity index (χ1v) is 5.94. The molecular formula is C14H20N2. The second-order valence-corrected chi connectivity index (χ2v) is 4.59. The molecule has 1 aromatic rings. The summed E-state index contributed by atoms with van der Waals surface area (Å²) in [5.41, 5.74) is 8.91. The monoisotopic (exact) mass is 216 g/mol. The van der Waals surface area contributed by atoms with Gasteiger partial charge in [-0.15, -0.1) is 0 Å². The van der Waals surface area contributed by atoms with E-state index < -0.39 is 0 Å². The minimum atomic E-state index is 0.132. The smallest absolute Gasteiger partial charge is 0.0424 e. The molecule has 0 spiro atoms. The summed E-state index contributed by atoms with van der Waals surface area (Å²) < 4.78 is 0. The molecular weight excluding hydrogens is 196 g/mol. The van der Waals surface area contributed by atoms with Crippen LogP contribution in [0.1, 0.15) is 24.9 Å². The molecule has 0 amide bonds. The van der Waals surface area contributed by atoms with E-state index >= 15 is 0 Å². The van der Waals surface area contributed by atoms with Crippen LogP contribution in [0.5, 0.6) is 0 Å². The van der Waals surface area contributed by atoms with Crippen LogP contribution in [0.15, 0.2) is 42.0 Å². The zero-order chi connectivity index (χ0) is 11.4. The number of nitrogens with zero attached hydrogens (tertiary/aromatic N) is 1. The number of rotatable bonds is 3. The van der Waals surface area contributed by atoms with Crippen molar-refractivity contribution in [1.29, 1.82) is 0 Å². The lowest BCUT2D eigenvalue weighted by molar-refractivity contribution is 0.272. The van der Waals surface area contributed by atoms with Gasteiger partial charge in [0.2, 0.25) is 0 Å². The van der Waals surface area contributed by atoms with Crippen LogP contribution < -0.4 is 5.73 Å². The maximum absolute atomic E-state index is 6.21.